The number of nitrogens with one attached hydrogen (secondary N) is 1. The van der Waals surface area contributed by atoms with Crippen LogP contribution in [0.1, 0.15) is 26.3 Å². The summed E-state index contributed by atoms with van der Waals surface area (Å²) in [5.74, 6) is -1.74. The van der Waals surface area contributed by atoms with E-state index in [0.717, 1.165) is 19.8 Å². The first-order valence-electron chi connectivity index (χ1n) is 12.0. The smallest absolute Gasteiger partial charge is 0.328 e. The number of carbonyl (C=O) groups is 2. The molecular weight excluding hydrogens is 490 g/mol. The molecule has 2 N–H and O–H groups in total. The molecule has 0 atom stereocenters. The maximum absolute atomic E-state index is 13.1. The molecule has 10 heteroatoms. The zero-order chi connectivity index (χ0) is 27.2. The Morgan fingerprint density at radius 1 is 1.00 bits per heavy atom. The van der Waals surface area contributed by atoms with Gasteiger partial charge in [-0.2, -0.15) is 0 Å². The molecule has 0 bridgehead atoms. The van der Waals surface area contributed by atoms with Gasteiger partial charge in [0.1, 0.15) is 13.1 Å². The van der Waals surface area contributed by atoms with Gasteiger partial charge < -0.3 is 14.4 Å². The second-order valence-electron chi connectivity index (χ2n) is 9.92. The number of carbonyl (C=O) groups excluding carboxylic acids is 1. The maximum atomic E-state index is 13.1. The fourth-order valence-corrected chi connectivity index (χ4v) is 9.06. The Hall–Kier alpha value is -3.76. The first-order valence-corrected chi connectivity index (χ1v) is 13.9. The van der Waals surface area contributed by atoms with Crippen molar-refractivity contribution in [2.75, 3.05) is 19.7 Å². The fourth-order valence-electron chi connectivity index (χ4n) is 4.51. The van der Waals surface area contributed by atoms with Gasteiger partial charge in [-0.25, -0.2) is 4.79 Å². The van der Waals surface area contributed by atoms with Gasteiger partial charge >= 0.3 is 11.7 Å². The van der Waals surface area contributed by atoms with Gasteiger partial charge in [-0.15, -0.1) is 0 Å². The number of H-pyrrole nitrogens is 1. The molecule has 0 radical (unpaired) electrons. The van der Waals surface area contributed by atoms with E-state index in [-0.39, 0.29) is 23.8 Å². The van der Waals surface area contributed by atoms with Gasteiger partial charge in [0.15, 0.2) is 0 Å². The van der Waals surface area contributed by atoms with Crippen LogP contribution in [0, 0.1) is 6.92 Å². The van der Waals surface area contributed by atoms with E-state index in [1.54, 1.807) is 0 Å². The fraction of sp³-hybridized carbons (Fsp3) is 0.333. The number of aliphatic carboxylic acids is 1. The van der Waals surface area contributed by atoms with Crippen LogP contribution in [0.3, 0.4) is 0 Å². The third-order valence-corrected chi connectivity index (χ3v) is 11.3. The lowest BCUT2D eigenvalue weighted by atomic mass is 10.2. The van der Waals surface area contributed by atoms with Crippen molar-refractivity contribution in [1.29, 1.82) is 0 Å². The minimum atomic E-state index is -2.87. The van der Waals surface area contributed by atoms with E-state index in [4.69, 9.17) is 4.43 Å². The van der Waals surface area contributed by atoms with Crippen molar-refractivity contribution in [3.05, 3.63) is 93.3 Å². The number of carboxylic acids is 1. The Morgan fingerprint density at radius 3 is 2.03 bits per heavy atom. The highest BCUT2D eigenvalue weighted by atomic mass is 28.4. The number of hydrogen-bond acceptors (Lipinski definition) is 5. The maximum Gasteiger partial charge on any atom is 0.328 e. The molecule has 0 spiro atoms. The van der Waals surface area contributed by atoms with Gasteiger partial charge in [-0.3, -0.25) is 23.9 Å². The van der Waals surface area contributed by atoms with Crippen molar-refractivity contribution in [3.8, 4) is 0 Å². The third-order valence-electron chi connectivity index (χ3n) is 6.27. The molecule has 3 rings (SSSR count). The summed E-state index contributed by atoms with van der Waals surface area (Å²) in [5.41, 5.74) is -0.996. The van der Waals surface area contributed by atoms with Crippen molar-refractivity contribution in [1.82, 2.24) is 14.5 Å². The zero-order valence-electron chi connectivity index (χ0n) is 21.6. The molecule has 0 saturated carbocycles. The van der Waals surface area contributed by atoms with Crippen molar-refractivity contribution in [2.24, 2.45) is 0 Å². The van der Waals surface area contributed by atoms with Gasteiger partial charge in [-0.1, -0.05) is 81.4 Å². The van der Waals surface area contributed by atoms with Gasteiger partial charge in [0.05, 0.1) is 6.61 Å². The van der Waals surface area contributed by atoms with Crippen LogP contribution < -0.4 is 21.6 Å². The molecule has 0 fully saturated rings. The number of aromatic nitrogens is 2. The molecular formula is C27H33N3O6Si. The van der Waals surface area contributed by atoms with Crippen LogP contribution in [0.2, 0.25) is 5.04 Å². The number of carboxylic acid groups (broad SMARTS) is 1. The molecule has 196 valence electrons. The summed E-state index contributed by atoms with van der Waals surface area (Å²) in [6.45, 7) is 7.09. The summed E-state index contributed by atoms with van der Waals surface area (Å²) >= 11 is 0. The first-order chi connectivity index (χ1) is 17.5. The number of amides is 1. The van der Waals surface area contributed by atoms with E-state index in [1.807, 2.05) is 36.4 Å². The molecule has 1 heterocycles. The van der Waals surface area contributed by atoms with E-state index in [0.29, 0.717) is 0 Å². The molecule has 0 unspecified atom stereocenters. The molecule has 1 amide bonds. The summed E-state index contributed by atoms with van der Waals surface area (Å²) in [6.07, 6.45) is 1.29. The highest BCUT2D eigenvalue weighted by Crippen LogP contribution is 2.36. The summed E-state index contributed by atoms with van der Waals surface area (Å²) in [5, 5.41) is 11.3. The van der Waals surface area contributed by atoms with E-state index >= 15 is 0 Å². The summed E-state index contributed by atoms with van der Waals surface area (Å²) in [7, 11) is -2.87. The Morgan fingerprint density at radius 2 is 1.54 bits per heavy atom. The molecule has 0 aliphatic heterocycles. The Labute approximate surface area is 216 Å². The van der Waals surface area contributed by atoms with Crippen LogP contribution in [0.4, 0.5) is 0 Å². The summed E-state index contributed by atoms with van der Waals surface area (Å²) in [4.78, 5) is 51.7. The predicted molar refractivity (Wildman–Crippen MR) is 144 cm³/mol. The Bertz CT molecular complexity index is 1310. The lowest BCUT2D eigenvalue weighted by molar-refractivity contribution is -0.145. The highest BCUT2D eigenvalue weighted by Gasteiger charge is 2.50. The Balaban J connectivity index is 1.90. The molecule has 9 nitrogen and oxygen atoms in total. The van der Waals surface area contributed by atoms with Crippen LogP contribution >= 0.6 is 0 Å². The minimum Gasteiger partial charge on any atom is -0.480 e. The van der Waals surface area contributed by atoms with Crippen molar-refractivity contribution in [3.63, 3.8) is 0 Å². The quantitative estimate of drug-likeness (QED) is 0.387. The standard InChI is InChI=1S/C27H33N3O6Si/c1-20-17-30(26(35)28-25(20)34)18-23(31)29(19-24(32)33)15-16-36-37(27(2,3)4,21-11-7-5-8-12-21)22-13-9-6-10-14-22/h5-14,17H,15-16,18-19H2,1-4H3,(H,32,33)(H,28,34,35). The van der Waals surface area contributed by atoms with Crippen LogP contribution in [-0.2, 0) is 20.6 Å². The van der Waals surface area contributed by atoms with Crippen LogP contribution in [-0.4, -0.2) is 59.4 Å². The molecule has 0 aliphatic carbocycles. The lowest BCUT2D eigenvalue weighted by Crippen LogP contribution is -2.67. The van der Waals surface area contributed by atoms with Crippen molar-refractivity contribution in [2.45, 2.75) is 39.3 Å². The number of aryl methyl sites for hydroxylation is 1. The monoisotopic (exact) mass is 523 g/mol. The molecule has 0 saturated heterocycles. The van der Waals surface area contributed by atoms with Gasteiger partial charge in [-0.05, 0) is 22.3 Å². The van der Waals surface area contributed by atoms with Crippen LogP contribution in [0.25, 0.3) is 0 Å². The van der Waals surface area contributed by atoms with Crippen molar-refractivity contribution < 1.29 is 19.1 Å². The average Bonchev–Trinajstić information content (AvgIpc) is 2.84. The van der Waals surface area contributed by atoms with E-state index in [9.17, 15) is 24.3 Å². The van der Waals surface area contributed by atoms with Gasteiger partial charge in [0.25, 0.3) is 13.9 Å². The topological polar surface area (TPSA) is 122 Å². The number of nitrogens with zero attached hydrogens (tertiary/aromatic N) is 2. The van der Waals surface area contributed by atoms with Gasteiger partial charge in [0, 0.05) is 18.3 Å². The summed E-state index contributed by atoms with van der Waals surface area (Å²) < 4.78 is 7.84. The molecule has 3 aromatic rings. The zero-order valence-corrected chi connectivity index (χ0v) is 22.6. The second-order valence-corrected chi connectivity index (χ2v) is 14.2. The lowest BCUT2D eigenvalue weighted by Gasteiger charge is -2.43. The average molecular weight is 524 g/mol. The number of aromatic amines is 1. The Kier molecular flexibility index (Phi) is 8.67. The van der Waals surface area contributed by atoms with E-state index in [2.05, 4.69) is 50.0 Å². The summed E-state index contributed by atoms with van der Waals surface area (Å²) in [6, 6.07) is 20.0. The number of benzene rings is 2. The highest BCUT2D eigenvalue weighted by molar-refractivity contribution is 6.99. The normalized spacial score (nSPS) is 11.8. The SMILES string of the molecule is Cc1cn(CC(=O)N(CCO[Si](c2ccccc2)(c2ccccc2)C(C)(C)C)CC(=O)O)c(=O)[nH]c1=O. The molecule has 0 aliphatic rings. The first kappa shape index (κ1) is 27.8. The van der Waals surface area contributed by atoms with Crippen molar-refractivity contribution >= 4 is 30.6 Å². The molecule has 37 heavy (non-hydrogen) atoms. The molecule has 2 aromatic carbocycles. The largest absolute Gasteiger partial charge is 0.480 e. The number of rotatable bonds is 10. The van der Waals surface area contributed by atoms with Gasteiger partial charge in [0.2, 0.25) is 5.91 Å². The minimum absolute atomic E-state index is 0.0206. The van der Waals surface area contributed by atoms with E-state index < -0.39 is 44.5 Å². The van der Waals surface area contributed by atoms with E-state index in [1.165, 1.54) is 13.1 Å². The molecule has 1 aromatic heterocycles. The van der Waals surface area contributed by atoms with Crippen LogP contribution in [0.15, 0.2) is 76.4 Å². The second kappa shape index (κ2) is 11.5. The number of hydrogen-bond donors (Lipinski definition) is 2. The predicted octanol–water partition coefficient (Wildman–Crippen LogP) is 1.33. The van der Waals surface area contributed by atoms with Crippen LogP contribution in [0.5, 0.6) is 0 Å². The third kappa shape index (κ3) is 6.33.